The van der Waals surface area contributed by atoms with E-state index in [0.717, 1.165) is 22.3 Å². The highest BCUT2D eigenvalue weighted by Gasteiger charge is 2.59. The smallest absolute Gasteiger partial charge is 0.0934 e. The van der Waals surface area contributed by atoms with Gasteiger partial charge in [-0.15, -0.1) is 0 Å². The molecule has 0 aliphatic heterocycles. The zero-order valence-electron chi connectivity index (χ0n) is 31.8. The summed E-state index contributed by atoms with van der Waals surface area (Å²) in [4.78, 5) is 0. The van der Waals surface area contributed by atoms with Crippen LogP contribution in [0, 0.1) is 5.41 Å². The Morgan fingerprint density at radius 1 is 0.306 bits per heavy atom. The Kier molecular flexibility index (Phi) is 10.8. The average molecular weight is 665 g/mol. The van der Waals surface area contributed by atoms with E-state index in [1.807, 2.05) is 97.1 Å². The Labute approximate surface area is 295 Å². The first kappa shape index (κ1) is 38.5. The van der Waals surface area contributed by atoms with Crippen molar-refractivity contribution < 1.29 is 20.4 Å². The summed E-state index contributed by atoms with van der Waals surface area (Å²) in [5.41, 5.74) is 2.16. The van der Waals surface area contributed by atoms with Gasteiger partial charge in [-0.2, -0.15) is 0 Å². The van der Waals surface area contributed by atoms with Crippen molar-refractivity contribution in [1.82, 2.24) is 0 Å². The van der Waals surface area contributed by atoms with Gasteiger partial charge in [-0.3, -0.25) is 0 Å². The minimum Gasteiger partial charge on any atom is -0.387 e. The van der Waals surface area contributed by atoms with Gasteiger partial charge in [0.25, 0.3) is 0 Å². The van der Waals surface area contributed by atoms with Crippen molar-refractivity contribution in [3.63, 3.8) is 0 Å². The quantitative estimate of drug-likeness (QED) is 0.151. The maximum absolute atomic E-state index is 13.3. The van der Waals surface area contributed by atoms with Gasteiger partial charge in [0.2, 0.25) is 0 Å². The topological polar surface area (TPSA) is 80.9 Å². The van der Waals surface area contributed by atoms with Crippen LogP contribution in [-0.4, -0.2) is 20.4 Å². The summed E-state index contributed by atoms with van der Waals surface area (Å²) in [6, 6.07) is 30.7. The van der Waals surface area contributed by atoms with Gasteiger partial charge in [0.1, 0.15) is 0 Å². The maximum Gasteiger partial charge on any atom is 0.0934 e. The van der Waals surface area contributed by atoms with Crippen molar-refractivity contribution in [3.05, 3.63) is 142 Å². The van der Waals surface area contributed by atoms with Crippen LogP contribution in [0.2, 0.25) is 0 Å². The van der Waals surface area contributed by atoms with Gasteiger partial charge < -0.3 is 20.4 Å². The van der Waals surface area contributed by atoms with E-state index in [4.69, 9.17) is 0 Å². The molecule has 0 heterocycles. The lowest BCUT2D eigenvalue weighted by Crippen LogP contribution is -2.48. The summed E-state index contributed by atoms with van der Waals surface area (Å²) in [5.74, 6) is 0. The molecular formula is C45H60O4. The molecule has 4 rings (SSSR count). The highest BCUT2D eigenvalue weighted by atomic mass is 16.3. The standard InChI is InChI=1S/C45H60O4/c1-41(2,3)33-25-17-13-21-29(33)37(46)45(38(47)30-22-14-18-26-34(30)42(4,5)6,39(48)31-23-15-19-27-35(31)43(7,8)9)40(49)32-24-16-20-28-36(32)44(10,11)12/h13-28,37-40,46-49H,1-12H3. The molecule has 0 radical (unpaired) electrons. The molecule has 4 unspecified atom stereocenters. The molecule has 4 N–H and O–H groups in total. The maximum atomic E-state index is 13.3. The molecule has 0 aliphatic carbocycles. The zero-order chi connectivity index (χ0) is 36.7. The predicted molar refractivity (Wildman–Crippen MR) is 203 cm³/mol. The second-order valence-electron chi connectivity index (χ2n) is 18.0. The third-order valence-electron chi connectivity index (χ3n) is 10.1. The summed E-state index contributed by atoms with van der Waals surface area (Å²) < 4.78 is 0. The van der Waals surface area contributed by atoms with Gasteiger partial charge in [0.15, 0.2) is 0 Å². The van der Waals surface area contributed by atoms with Crippen molar-refractivity contribution in [3.8, 4) is 0 Å². The van der Waals surface area contributed by atoms with E-state index in [0.29, 0.717) is 22.3 Å². The molecule has 4 aromatic carbocycles. The van der Waals surface area contributed by atoms with Crippen molar-refractivity contribution in [2.75, 3.05) is 0 Å². The Hall–Kier alpha value is -3.28. The minimum absolute atomic E-state index is 0.389. The normalized spacial score (nSPS) is 16.8. The highest BCUT2D eigenvalue weighted by molar-refractivity contribution is 5.46. The number of hydrogen-bond acceptors (Lipinski definition) is 4. The van der Waals surface area contributed by atoms with E-state index >= 15 is 0 Å². The molecule has 4 heteroatoms. The zero-order valence-corrected chi connectivity index (χ0v) is 31.8. The molecule has 4 aromatic rings. The third-order valence-corrected chi connectivity index (χ3v) is 10.1. The Morgan fingerprint density at radius 2 is 0.469 bits per heavy atom. The van der Waals surface area contributed by atoms with E-state index in [1.165, 1.54) is 0 Å². The van der Waals surface area contributed by atoms with Crippen LogP contribution < -0.4 is 0 Å². The molecule has 0 spiro atoms. The molecule has 49 heavy (non-hydrogen) atoms. The van der Waals surface area contributed by atoms with Crippen molar-refractivity contribution in [2.45, 2.75) is 129 Å². The molecule has 4 nitrogen and oxygen atoms in total. The average Bonchev–Trinajstić information content (AvgIpc) is 3.03. The number of hydrogen-bond donors (Lipinski definition) is 4. The van der Waals surface area contributed by atoms with Crippen molar-refractivity contribution in [2.24, 2.45) is 5.41 Å². The monoisotopic (exact) mass is 664 g/mol. The first-order valence-electron chi connectivity index (χ1n) is 17.7. The van der Waals surface area contributed by atoms with Crippen molar-refractivity contribution >= 4 is 0 Å². The van der Waals surface area contributed by atoms with Crippen LogP contribution in [-0.2, 0) is 21.7 Å². The van der Waals surface area contributed by atoms with Crippen molar-refractivity contribution in [1.29, 1.82) is 0 Å². The van der Waals surface area contributed by atoms with Gasteiger partial charge >= 0.3 is 0 Å². The van der Waals surface area contributed by atoms with Crippen LogP contribution in [0.5, 0.6) is 0 Å². The van der Waals surface area contributed by atoms with Gasteiger partial charge in [0.05, 0.1) is 29.8 Å². The van der Waals surface area contributed by atoms with Crippen LogP contribution in [0.3, 0.4) is 0 Å². The number of aliphatic hydroxyl groups is 4. The van der Waals surface area contributed by atoms with Crippen LogP contribution in [0.25, 0.3) is 0 Å². The Balaban J connectivity index is 2.27. The van der Waals surface area contributed by atoms with Gasteiger partial charge in [-0.1, -0.05) is 180 Å². The SMILES string of the molecule is CC(C)(C)c1ccccc1C(O)C(C(O)c1ccccc1C(C)(C)C)(C(O)c1ccccc1C(C)(C)C)C(O)c1ccccc1C(C)(C)C. The summed E-state index contributed by atoms with van der Waals surface area (Å²) in [5, 5.41) is 53.1. The Morgan fingerprint density at radius 3 is 0.633 bits per heavy atom. The van der Waals surface area contributed by atoms with E-state index in [-0.39, 0.29) is 21.7 Å². The molecule has 0 saturated heterocycles. The number of benzene rings is 4. The molecule has 264 valence electrons. The van der Waals surface area contributed by atoms with E-state index in [9.17, 15) is 20.4 Å². The summed E-state index contributed by atoms with van der Waals surface area (Å²) >= 11 is 0. The fourth-order valence-corrected chi connectivity index (χ4v) is 7.65. The predicted octanol–water partition coefficient (Wildman–Crippen LogP) is 10.1. The third kappa shape index (κ3) is 7.44. The second kappa shape index (κ2) is 13.8. The first-order valence-corrected chi connectivity index (χ1v) is 17.7. The van der Waals surface area contributed by atoms with Gasteiger partial charge in [0, 0.05) is 0 Å². The number of rotatable bonds is 8. The Bertz CT molecular complexity index is 1460. The van der Waals surface area contributed by atoms with Gasteiger partial charge in [-0.25, -0.2) is 0 Å². The van der Waals surface area contributed by atoms with E-state index < -0.39 is 29.8 Å². The van der Waals surface area contributed by atoms with Crippen LogP contribution >= 0.6 is 0 Å². The largest absolute Gasteiger partial charge is 0.387 e. The summed E-state index contributed by atoms with van der Waals surface area (Å²) in [6.45, 7) is 25.0. The first-order chi connectivity index (χ1) is 22.6. The molecular weight excluding hydrogens is 604 g/mol. The molecule has 4 atom stereocenters. The van der Waals surface area contributed by atoms with Crippen LogP contribution in [0.1, 0.15) is 152 Å². The lowest BCUT2D eigenvalue weighted by molar-refractivity contribution is -0.206. The summed E-state index contributed by atoms with van der Waals surface area (Å²) in [7, 11) is 0. The fraction of sp³-hybridized carbons (Fsp3) is 0.467. The van der Waals surface area contributed by atoms with Gasteiger partial charge in [-0.05, 0) is 66.2 Å². The minimum atomic E-state index is -1.99. The molecule has 0 bridgehead atoms. The lowest BCUT2D eigenvalue weighted by Gasteiger charge is -2.51. The molecule has 0 aliphatic rings. The molecule has 0 saturated carbocycles. The van der Waals surface area contributed by atoms with E-state index in [2.05, 4.69) is 83.1 Å². The molecule has 0 fully saturated rings. The lowest BCUT2D eigenvalue weighted by atomic mass is 9.58. The van der Waals surface area contributed by atoms with Crippen LogP contribution in [0.4, 0.5) is 0 Å². The van der Waals surface area contributed by atoms with Crippen LogP contribution in [0.15, 0.2) is 97.1 Å². The molecule has 0 aromatic heterocycles. The molecule has 0 amide bonds. The second-order valence-corrected chi connectivity index (χ2v) is 18.0. The fourth-order valence-electron chi connectivity index (χ4n) is 7.65. The summed E-state index contributed by atoms with van der Waals surface area (Å²) in [6.07, 6.45) is -6.07. The van der Waals surface area contributed by atoms with E-state index in [1.54, 1.807) is 0 Å². The highest BCUT2D eigenvalue weighted by Crippen LogP contribution is 2.62. The number of aliphatic hydroxyl groups excluding tert-OH is 4.